The number of rotatable bonds is 1. The Hall–Kier alpha value is -2.29. The van der Waals surface area contributed by atoms with E-state index in [2.05, 4.69) is 19.1 Å². The van der Waals surface area contributed by atoms with E-state index in [1.54, 1.807) is 0 Å². The minimum Gasteiger partial charge on any atom is -0.451 e. The molecular weight excluding hydrogens is 274 g/mol. The van der Waals surface area contributed by atoms with E-state index in [-0.39, 0.29) is 5.91 Å². The van der Waals surface area contributed by atoms with Crippen LogP contribution in [0.4, 0.5) is 0 Å². The smallest absolute Gasteiger partial charge is 0.289 e. The standard InChI is InChI=1S/C19H19NO2/c1-13-5-4-10-20(12-13)19(21)18-11-16-15-7-3-2-6-14(15)8-9-17(16)22-18/h2-3,6-9,11,13H,4-5,10,12H2,1H3/t13-/m0/s1. The average Bonchev–Trinajstić information content (AvgIpc) is 2.99. The Morgan fingerprint density at radius 2 is 2.05 bits per heavy atom. The molecule has 1 fully saturated rings. The van der Waals surface area contributed by atoms with Crippen molar-refractivity contribution in [3.63, 3.8) is 0 Å². The first-order chi connectivity index (χ1) is 10.7. The average molecular weight is 293 g/mol. The molecule has 1 aliphatic heterocycles. The van der Waals surface area contributed by atoms with Crippen molar-refractivity contribution in [1.82, 2.24) is 4.90 Å². The van der Waals surface area contributed by atoms with Crippen molar-refractivity contribution < 1.29 is 9.21 Å². The number of piperidine rings is 1. The van der Waals surface area contributed by atoms with Crippen LogP contribution in [0.25, 0.3) is 21.7 Å². The molecule has 1 aromatic heterocycles. The number of carbonyl (C=O) groups is 1. The summed E-state index contributed by atoms with van der Waals surface area (Å²) < 4.78 is 5.84. The van der Waals surface area contributed by atoms with Crippen molar-refractivity contribution in [3.8, 4) is 0 Å². The third-order valence-corrected chi connectivity index (χ3v) is 4.58. The summed E-state index contributed by atoms with van der Waals surface area (Å²) in [5, 5.41) is 3.32. The van der Waals surface area contributed by atoms with Crippen LogP contribution in [0.3, 0.4) is 0 Å². The first-order valence-electron chi connectivity index (χ1n) is 7.93. The van der Waals surface area contributed by atoms with E-state index >= 15 is 0 Å². The number of hydrogen-bond donors (Lipinski definition) is 0. The van der Waals surface area contributed by atoms with Gasteiger partial charge in [0, 0.05) is 18.5 Å². The number of carbonyl (C=O) groups excluding carboxylic acids is 1. The molecule has 0 spiro atoms. The summed E-state index contributed by atoms with van der Waals surface area (Å²) in [5.74, 6) is 1.05. The van der Waals surface area contributed by atoms with Crippen LogP contribution in [0.15, 0.2) is 46.9 Å². The molecule has 1 saturated heterocycles. The number of amides is 1. The molecule has 3 heteroatoms. The van der Waals surface area contributed by atoms with E-state index in [0.29, 0.717) is 11.7 Å². The monoisotopic (exact) mass is 293 g/mol. The van der Waals surface area contributed by atoms with E-state index in [1.165, 1.54) is 11.8 Å². The number of nitrogens with zero attached hydrogens (tertiary/aromatic N) is 1. The maximum atomic E-state index is 12.7. The Kier molecular flexibility index (Phi) is 3.14. The van der Waals surface area contributed by atoms with Gasteiger partial charge >= 0.3 is 0 Å². The van der Waals surface area contributed by atoms with Crippen molar-refractivity contribution in [2.75, 3.05) is 13.1 Å². The summed E-state index contributed by atoms with van der Waals surface area (Å²) in [6, 6.07) is 14.1. The molecule has 4 rings (SSSR count). The zero-order valence-corrected chi connectivity index (χ0v) is 12.7. The molecule has 1 amide bonds. The molecule has 0 bridgehead atoms. The molecule has 3 aromatic rings. The molecule has 0 radical (unpaired) electrons. The third kappa shape index (κ3) is 2.17. The maximum Gasteiger partial charge on any atom is 0.289 e. The third-order valence-electron chi connectivity index (χ3n) is 4.58. The number of fused-ring (bicyclic) bond motifs is 3. The van der Waals surface area contributed by atoms with E-state index in [1.807, 2.05) is 35.2 Å². The first kappa shape index (κ1) is 13.4. The topological polar surface area (TPSA) is 33.5 Å². The highest BCUT2D eigenvalue weighted by Crippen LogP contribution is 2.29. The van der Waals surface area contributed by atoms with Crippen molar-refractivity contribution >= 4 is 27.6 Å². The van der Waals surface area contributed by atoms with Crippen LogP contribution >= 0.6 is 0 Å². The lowest BCUT2D eigenvalue weighted by Crippen LogP contribution is -2.38. The van der Waals surface area contributed by atoms with Gasteiger partial charge in [0.2, 0.25) is 0 Å². The van der Waals surface area contributed by atoms with Gasteiger partial charge in [-0.15, -0.1) is 0 Å². The highest BCUT2D eigenvalue weighted by molar-refractivity contribution is 6.08. The quantitative estimate of drug-likeness (QED) is 0.664. The van der Waals surface area contributed by atoms with E-state index in [9.17, 15) is 4.79 Å². The number of furan rings is 1. The van der Waals surface area contributed by atoms with Gasteiger partial charge in [0.15, 0.2) is 5.76 Å². The Bertz CT molecular complexity index is 849. The second kappa shape index (κ2) is 5.16. The van der Waals surface area contributed by atoms with Crippen molar-refractivity contribution in [2.24, 2.45) is 5.92 Å². The van der Waals surface area contributed by atoms with Gasteiger partial charge in [0.25, 0.3) is 5.91 Å². The predicted octanol–water partition coefficient (Wildman–Crippen LogP) is 4.46. The Balaban J connectivity index is 1.76. The summed E-state index contributed by atoms with van der Waals surface area (Å²) in [7, 11) is 0. The van der Waals surface area contributed by atoms with E-state index < -0.39 is 0 Å². The van der Waals surface area contributed by atoms with Gasteiger partial charge in [0.05, 0.1) is 0 Å². The van der Waals surface area contributed by atoms with Crippen LogP contribution in [0.5, 0.6) is 0 Å². The zero-order valence-electron chi connectivity index (χ0n) is 12.7. The molecule has 0 unspecified atom stereocenters. The van der Waals surface area contributed by atoms with Crippen LogP contribution in [0, 0.1) is 5.92 Å². The molecular formula is C19H19NO2. The van der Waals surface area contributed by atoms with E-state index in [4.69, 9.17) is 4.42 Å². The van der Waals surface area contributed by atoms with Crippen molar-refractivity contribution in [2.45, 2.75) is 19.8 Å². The first-order valence-corrected chi connectivity index (χ1v) is 7.93. The minimum absolute atomic E-state index is 0.0202. The fourth-order valence-corrected chi connectivity index (χ4v) is 3.43. The Morgan fingerprint density at radius 3 is 2.91 bits per heavy atom. The summed E-state index contributed by atoms with van der Waals surface area (Å²) in [6.45, 7) is 3.86. The lowest BCUT2D eigenvalue weighted by atomic mass is 10.00. The highest BCUT2D eigenvalue weighted by Gasteiger charge is 2.24. The van der Waals surface area contributed by atoms with Gasteiger partial charge < -0.3 is 9.32 Å². The van der Waals surface area contributed by atoms with Gasteiger partial charge in [0.1, 0.15) is 5.58 Å². The Morgan fingerprint density at radius 1 is 1.18 bits per heavy atom. The molecule has 22 heavy (non-hydrogen) atoms. The van der Waals surface area contributed by atoms with Crippen LogP contribution in [0.2, 0.25) is 0 Å². The SMILES string of the molecule is C[C@H]1CCCN(C(=O)c2cc3c(ccc4ccccc43)o2)C1. The Labute approximate surface area is 129 Å². The summed E-state index contributed by atoms with van der Waals surface area (Å²) in [6.07, 6.45) is 2.28. The van der Waals surface area contributed by atoms with Crippen molar-refractivity contribution in [3.05, 3.63) is 48.2 Å². The highest BCUT2D eigenvalue weighted by atomic mass is 16.3. The number of likely N-dealkylation sites (tertiary alicyclic amines) is 1. The molecule has 112 valence electrons. The summed E-state index contributed by atoms with van der Waals surface area (Å²) in [5.41, 5.74) is 0.784. The normalized spacial score (nSPS) is 19.0. The van der Waals surface area contributed by atoms with Crippen LogP contribution in [-0.2, 0) is 0 Å². The molecule has 1 aliphatic rings. The molecule has 2 heterocycles. The predicted molar refractivity (Wildman–Crippen MR) is 88.0 cm³/mol. The molecule has 0 N–H and O–H groups in total. The lowest BCUT2D eigenvalue weighted by Gasteiger charge is -2.30. The summed E-state index contributed by atoms with van der Waals surface area (Å²) >= 11 is 0. The number of benzene rings is 2. The second-order valence-electron chi connectivity index (χ2n) is 6.31. The molecule has 0 saturated carbocycles. The fraction of sp³-hybridized carbons (Fsp3) is 0.316. The van der Waals surface area contributed by atoms with Gasteiger partial charge in [-0.2, -0.15) is 0 Å². The van der Waals surface area contributed by atoms with E-state index in [0.717, 1.165) is 35.9 Å². The molecule has 1 atom stereocenters. The van der Waals surface area contributed by atoms with Gasteiger partial charge in [-0.25, -0.2) is 0 Å². The van der Waals surface area contributed by atoms with Gasteiger partial charge in [-0.3, -0.25) is 4.79 Å². The minimum atomic E-state index is 0.0202. The largest absolute Gasteiger partial charge is 0.451 e. The van der Waals surface area contributed by atoms with Gasteiger partial charge in [-0.05, 0) is 41.7 Å². The van der Waals surface area contributed by atoms with Crippen LogP contribution < -0.4 is 0 Å². The van der Waals surface area contributed by atoms with Crippen molar-refractivity contribution in [1.29, 1.82) is 0 Å². The maximum absolute atomic E-state index is 12.7. The molecule has 0 aliphatic carbocycles. The fourth-order valence-electron chi connectivity index (χ4n) is 3.43. The molecule has 3 nitrogen and oxygen atoms in total. The lowest BCUT2D eigenvalue weighted by molar-refractivity contribution is 0.0653. The second-order valence-corrected chi connectivity index (χ2v) is 6.31. The number of hydrogen-bond acceptors (Lipinski definition) is 2. The molecule has 2 aromatic carbocycles. The van der Waals surface area contributed by atoms with Crippen LogP contribution in [-0.4, -0.2) is 23.9 Å². The van der Waals surface area contributed by atoms with Gasteiger partial charge in [-0.1, -0.05) is 37.3 Å². The zero-order chi connectivity index (χ0) is 15.1. The van der Waals surface area contributed by atoms with Crippen LogP contribution in [0.1, 0.15) is 30.3 Å². The summed E-state index contributed by atoms with van der Waals surface area (Å²) in [4.78, 5) is 14.6.